The van der Waals surface area contributed by atoms with E-state index < -0.39 is 17.9 Å². The predicted octanol–water partition coefficient (Wildman–Crippen LogP) is -0.102. The highest BCUT2D eigenvalue weighted by atomic mass is 16.4. The summed E-state index contributed by atoms with van der Waals surface area (Å²) in [5.74, 6) is -1.54. The highest BCUT2D eigenvalue weighted by Crippen LogP contribution is 2.18. The highest BCUT2D eigenvalue weighted by Gasteiger charge is 2.23. The van der Waals surface area contributed by atoms with Crippen molar-refractivity contribution in [2.75, 3.05) is 13.2 Å². The van der Waals surface area contributed by atoms with Gasteiger partial charge in [-0.1, -0.05) is 12.1 Å². The van der Waals surface area contributed by atoms with E-state index in [1.807, 2.05) is 6.07 Å². The largest absolute Gasteiger partial charge is 0.480 e. The summed E-state index contributed by atoms with van der Waals surface area (Å²) in [6.07, 6.45) is 0.744. The zero-order valence-corrected chi connectivity index (χ0v) is 11.1. The van der Waals surface area contributed by atoms with Crippen LogP contribution >= 0.6 is 0 Å². The molecule has 2 rings (SSSR count). The maximum absolute atomic E-state index is 12.2. The number of fused-ring (bicyclic) bond motifs is 1. The molecular weight excluding hydrogens is 260 g/mol. The maximum Gasteiger partial charge on any atom is 0.326 e. The molecule has 108 valence electrons. The van der Waals surface area contributed by atoms with Crippen LogP contribution in [0.3, 0.4) is 0 Å². The van der Waals surface area contributed by atoms with Crippen molar-refractivity contribution in [2.45, 2.75) is 25.4 Å². The van der Waals surface area contributed by atoms with Crippen LogP contribution in [0.15, 0.2) is 18.2 Å². The smallest absolute Gasteiger partial charge is 0.326 e. The number of carbonyl (C=O) groups is 2. The molecule has 1 unspecified atom stereocenters. The molecule has 0 radical (unpaired) electrons. The number of aliphatic carboxylic acids is 1. The molecule has 0 aromatic heterocycles. The van der Waals surface area contributed by atoms with Crippen LogP contribution in [0.2, 0.25) is 0 Å². The maximum atomic E-state index is 12.2. The summed E-state index contributed by atoms with van der Waals surface area (Å²) >= 11 is 0. The molecule has 0 aliphatic carbocycles. The molecule has 0 bridgehead atoms. The Kier molecular flexibility index (Phi) is 4.70. The van der Waals surface area contributed by atoms with Crippen LogP contribution in [0, 0.1) is 0 Å². The Morgan fingerprint density at radius 3 is 2.90 bits per heavy atom. The van der Waals surface area contributed by atoms with Gasteiger partial charge in [0.05, 0.1) is 0 Å². The lowest BCUT2D eigenvalue weighted by atomic mass is 9.95. The van der Waals surface area contributed by atoms with Gasteiger partial charge in [-0.3, -0.25) is 4.79 Å². The van der Waals surface area contributed by atoms with Crippen molar-refractivity contribution < 1.29 is 19.8 Å². The number of nitrogens with one attached hydrogen (secondary N) is 2. The lowest BCUT2D eigenvalue weighted by Crippen LogP contribution is -2.42. The number of hydrogen-bond donors (Lipinski definition) is 4. The minimum absolute atomic E-state index is 0.00233. The summed E-state index contributed by atoms with van der Waals surface area (Å²) in [5, 5.41) is 23.5. The monoisotopic (exact) mass is 278 g/mol. The molecule has 6 nitrogen and oxygen atoms in total. The molecule has 20 heavy (non-hydrogen) atoms. The number of aliphatic hydroxyl groups excluding tert-OH is 1. The van der Waals surface area contributed by atoms with E-state index in [1.54, 1.807) is 12.1 Å². The number of carbonyl (C=O) groups excluding carboxylic acids is 1. The Balaban J connectivity index is 2.19. The Hall–Kier alpha value is -1.92. The zero-order chi connectivity index (χ0) is 14.5. The van der Waals surface area contributed by atoms with Crippen molar-refractivity contribution in [3.05, 3.63) is 34.9 Å². The quantitative estimate of drug-likeness (QED) is 0.603. The van der Waals surface area contributed by atoms with Crippen LogP contribution < -0.4 is 10.6 Å². The highest BCUT2D eigenvalue weighted by molar-refractivity contribution is 5.98. The first-order valence-electron chi connectivity index (χ1n) is 6.59. The Morgan fingerprint density at radius 1 is 1.40 bits per heavy atom. The summed E-state index contributed by atoms with van der Waals surface area (Å²) in [6, 6.07) is 4.39. The van der Waals surface area contributed by atoms with E-state index in [1.165, 1.54) is 0 Å². The van der Waals surface area contributed by atoms with Crippen LogP contribution in [-0.2, 0) is 17.8 Å². The van der Waals surface area contributed by atoms with E-state index in [-0.39, 0.29) is 13.0 Å². The molecule has 1 aliphatic heterocycles. The third kappa shape index (κ3) is 3.15. The topological polar surface area (TPSA) is 98.7 Å². The first kappa shape index (κ1) is 14.5. The Labute approximate surface area is 116 Å². The molecule has 4 N–H and O–H groups in total. The molecule has 0 saturated heterocycles. The average molecular weight is 278 g/mol. The summed E-state index contributed by atoms with van der Waals surface area (Å²) < 4.78 is 0. The number of rotatable bonds is 5. The van der Waals surface area contributed by atoms with Gasteiger partial charge in [-0.05, 0) is 30.2 Å². The van der Waals surface area contributed by atoms with Gasteiger partial charge in [-0.25, -0.2) is 4.79 Å². The van der Waals surface area contributed by atoms with Crippen molar-refractivity contribution >= 4 is 11.9 Å². The van der Waals surface area contributed by atoms with E-state index in [4.69, 9.17) is 10.2 Å². The van der Waals surface area contributed by atoms with Gasteiger partial charge in [0.2, 0.25) is 0 Å². The minimum Gasteiger partial charge on any atom is -0.480 e. The van der Waals surface area contributed by atoms with Gasteiger partial charge >= 0.3 is 5.97 Å². The number of carboxylic acids is 1. The first-order valence-corrected chi connectivity index (χ1v) is 6.59. The molecule has 1 atom stereocenters. The predicted molar refractivity (Wildman–Crippen MR) is 72.4 cm³/mol. The van der Waals surface area contributed by atoms with Gasteiger partial charge in [0.25, 0.3) is 5.91 Å². The van der Waals surface area contributed by atoms with E-state index in [0.717, 1.165) is 30.6 Å². The van der Waals surface area contributed by atoms with Crippen molar-refractivity contribution in [1.29, 1.82) is 0 Å². The lowest BCUT2D eigenvalue weighted by Gasteiger charge is -2.21. The van der Waals surface area contributed by atoms with E-state index >= 15 is 0 Å². The van der Waals surface area contributed by atoms with Crippen molar-refractivity contribution in [2.24, 2.45) is 0 Å². The fourth-order valence-electron chi connectivity index (χ4n) is 2.37. The second-order valence-corrected chi connectivity index (χ2v) is 4.75. The van der Waals surface area contributed by atoms with Gasteiger partial charge in [-0.2, -0.15) is 0 Å². The molecule has 1 amide bonds. The summed E-state index contributed by atoms with van der Waals surface area (Å²) in [7, 11) is 0. The van der Waals surface area contributed by atoms with E-state index in [9.17, 15) is 9.59 Å². The number of aliphatic hydroxyl groups is 1. The number of carboxylic acid groups (broad SMARTS) is 1. The number of hydrogen-bond acceptors (Lipinski definition) is 4. The molecule has 1 aromatic rings. The third-order valence-corrected chi connectivity index (χ3v) is 3.41. The fourth-order valence-corrected chi connectivity index (χ4v) is 2.37. The average Bonchev–Trinajstić information content (AvgIpc) is 2.46. The van der Waals surface area contributed by atoms with Gasteiger partial charge in [0.15, 0.2) is 0 Å². The van der Waals surface area contributed by atoms with Gasteiger partial charge in [0.1, 0.15) is 6.04 Å². The molecule has 1 aromatic carbocycles. The molecule has 6 heteroatoms. The van der Waals surface area contributed by atoms with Crippen molar-refractivity contribution in [3.63, 3.8) is 0 Å². The van der Waals surface area contributed by atoms with Gasteiger partial charge < -0.3 is 20.8 Å². The lowest BCUT2D eigenvalue weighted by molar-refractivity contribution is -0.139. The Morgan fingerprint density at radius 2 is 2.20 bits per heavy atom. The molecular formula is C14H18N2O4. The number of amides is 1. The normalized spacial score (nSPS) is 15.2. The van der Waals surface area contributed by atoms with Crippen LogP contribution in [0.5, 0.6) is 0 Å². The second-order valence-electron chi connectivity index (χ2n) is 4.75. The number of benzene rings is 1. The van der Waals surface area contributed by atoms with E-state index in [2.05, 4.69) is 10.6 Å². The first-order chi connectivity index (χ1) is 9.63. The van der Waals surface area contributed by atoms with Crippen LogP contribution in [0.1, 0.15) is 27.9 Å². The minimum atomic E-state index is -1.14. The van der Waals surface area contributed by atoms with Crippen LogP contribution in [-0.4, -0.2) is 41.3 Å². The zero-order valence-electron chi connectivity index (χ0n) is 11.1. The summed E-state index contributed by atoms with van der Waals surface area (Å²) in [5.41, 5.74) is 2.56. The van der Waals surface area contributed by atoms with Gasteiger partial charge in [-0.15, -0.1) is 0 Å². The van der Waals surface area contributed by atoms with E-state index in [0.29, 0.717) is 5.56 Å². The van der Waals surface area contributed by atoms with Crippen molar-refractivity contribution in [1.82, 2.24) is 10.6 Å². The Bertz CT molecular complexity index is 516. The molecule has 1 aliphatic rings. The SMILES string of the molecule is O=C(NC(CCO)C(=O)O)c1cccc2c1CCNC2. The molecule has 0 spiro atoms. The summed E-state index contributed by atoms with van der Waals surface area (Å²) in [4.78, 5) is 23.2. The van der Waals surface area contributed by atoms with Gasteiger partial charge in [0, 0.05) is 25.1 Å². The van der Waals surface area contributed by atoms with Crippen molar-refractivity contribution in [3.8, 4) is 0 Å². The molecule has 1 heterocycles. The fraction of sp³-hybridized carbons (Fsp3) is 0.429. The molecule has 0 fully saturated rings. The summed E-state index contributed by atoms with van der Waals surface area (Å²) in [6.45, 7) is 1.24. The standard InChI is InChI=1S/C14H18N2O4/c17-7-5-12(14(19)20)16-13(18)11-3-1-2-9-8-15-6-4-10(9)11/h1-3,12,15,17H,4-8H2,(H,16,18)(H,19,20). The van der Waals surface area contributed by atoms with Crippen LogP contribution in [0.4, 0.5) is 0 Å². The third-order valence-electron chi connectivity index (χ3n) is 3.41. The second kappa shape index (κ2) is 6.49. The molecule has 0 saturated carbocycles. The van der Waals surface area contributed by atoms with Crippen LogP contribution in [0.25, 0.3) is 0 Å².